The quantitative estimate of drug-likeness (QED) is 0.802. The standard InChI is InChI=1S/C14H16N4O3S2/c19-12(10-6-2-1-3-7-10)15-13-16-17-14(22-13)23(20,21)18-11-8-4-5-9-11/h1-3,6-7,11,18H,4-5,8-9H2,(H,15,16,19). The van der Waals surface area contributed by atoms with Gasteiger partial charge in [-0.05, 0) is 25.0 Å². The molecule has 122 valence electrons. The SMILES string of the molecule is O=C(Nc1nnc(S(=O)(=O)NC2CCCC2)s1)c1ccccc1. The summed E-state index contributed by atoms with van der Waals surface area (Å²) in [6, 6.07) is 8.59. The molecule has 1 aromatic carbocycles. The zero-order valence-corrected chi connectivity index (χ0v) is 13.9. The third kappa shape index (κ3) is 3.92. The lowest BCUT2D eigenvalue weighted by Crippen LogP contribution is -2.32. The number of hydrogen-bond donors (Lipinski definition) is 2. The van der Waals surface area contributed by atoms with E-state index in [0.717, 1.165) is 37.0 Å². The van der Waals surface area contributed by atoms with Crippen molar-refractivity contribution in [3.05, 3.63) is 35.9 Å². The number of benzene rings is 1. The zero-order valence-electron chi connectivity index (χ0n) is 12.2. The van der Waals surface area contributed by atoms with Crippen LogP contribution < -0.4 is 10.0 Å². The van der Waals surface area contributed by atoms with E-state index in [4.69, 9.17) is 0 Å². The van der Waals surface area contributed by atoms with Gasteiger partial charge in [0.15, 0.2) is 0 Å². The average Bonchev–Trinajstić information content (AvgIpc) is 3.20. The molecule has 0 bridgehead atoms. The van der Waals surface area contributed by atoms with Crippen LogP contribution in [0.3, 0.4) is 0 Å². The molecular weight excluding hydrogens is 336 g/mol. The molecule has 1 saturated carbocycles. The van der Waals surface area contributed by atoms with Gasteiger partial charge >= 0.3 is 0 Å². The number of nitrogens with one attached hydrogen (secondary N) is 2. The minimum atomic E-state index is -3.68. The van der Waals surface area contributed by atoms with Gasteiger partial charge in [-0.2, -0.15) is 0 Å². The molecule has 1 aliphatic carbocycles. The van der Waals surface area contributed by atoms with Crippen molar-refractivity contribution in [1.82, 2.24) is 14.9 Å². The van der Waals surface area contributed by atoms with Gasteiger partial charge in [-0.15, -0.1) is 10.2 Å². The van der Waals surface area contributed by atoms with E-state index in [1.165, 1.54) is 0 Å². The monoisotopic (exact) mass is 352 g/mol. The summed E-state index contributed by atoms with van der Waals surface area (Å²) in [5.41, 5.74) is 0.469. The largest absolute Gasteiger partial charge is 0.296 e. The lowest BCUT2D eigenvalue weighted by molar-refractivity contribution is 0.102. The maximum atomic E-state index is 12.2. The fraction of sp³-hybridized carbons (Fsp3) is 0.357. The Morgan fingerprint density at radius 1 is 1.13 bits per heavy atom. The molecule has 23 heavy (non-hydrogen) atoms. The van der Waals surface area contributed by atoms with Gasteiger partial charge in [-0.3, -0.25) is 10.1 Å². The minimum Gasteiger partial charge on any atom is -0.296 e. The molecule has 2 aromatic rings. The normalized spacial score (nSPS) is 15.7. The van der Waals surface area contributed by atoms with E-state index in [9.17, 15) is 13.2 Å². The van der Waals surface area contributed by atoms with E-state index in [0.29, 0.717) is 5.56 Å². The molecule has 7 nitrogen and oxygen atoms in total. The van der Waals surface area contributed by atoms with Crippen LogP contribution >= 0.6 is 11.3 Å². The van der Waals surface area contributed by atoms with Gasteiger partial charge < -0.3 is 0 Å². The van der Waals surface area contributed by atoms with Crippen LogP contribution in [0.4, 0.5) is 5.13 Å². The second kappa shape index (κ2) is 6.73. The Morgan fingerprint density at radius 2 is 1.83 bits per heavy atom. The van der Waals surface area contributed by atoms with Crippen LogP contribution in [0.15, 0.2) is 34.7 Å². The highest BCUT2D eigenvalue weighted by Gasteiger charge is 2.26. The Bertz CT molecular complexity index is 783. The second-order valence-corrected chi connectivity index (χ2v) is 8.16. The number of nitrogens with zero attached hydrogens (tertiary/aromatic N) is 2. The van der Waals surface area contributed by atoms with E-state index in [1.807, 2.05) is 0 Å². The summed E-state index contributed by atoms with van der Waals surface area (Å²) in [5.74, 6) is -0.352. The topological polar surface area (TPSA) is 101 Å². The van der Waals surface area contributed by atoms with Crippen molar-refractivity contribution in [1.29, 1.82) is 0 Å². The summed E-state index contributed by atoms with van der Waals surface area (Å²) < 4.78 is 27.0. The molecule has 9 heteroatoms. The third-order valence-corrected chi connectivity index (χ3v) is 6.30. The predicted molar refractivity (Wildman–Crippen MR) is 86.9 cm³/mol. The molecule has 0 saturated heterocycles. The molecule has 0 atom stereocenters. The van der Waals surface area contributed by atoms with Crippen molar-refractivity contribution in [2.75, 3.05) is 5.32 Å². The molecule has 0 aliphatic heterocycles. The zero-order chi connectivity index (χ0) is 16.3. The summed E-state index contributed by atoms with van der Waals surface area (Å²) in [4.78, 5) is 12.0. The summed E-state index contributed by atoms with van der Waals surface area (Å²) in [5, 5.41) is 10.1. The molecule has 0 unspecified atom stereocenters. The lowest BCUT2D eigenvalue weighted by atomic mass is 10.2. The number of amides is 1. The maximum Gasteiger partial charge on any atom is 0.270 e. The number of carbonyl (C=O) groups is 1. The fourth-order valence-corrected chi connectivity index (χ4v) is 4.66. The highest BCUT2D eigenvalue weighted by atomic mass is 32.2. The van der Waals surface area contributed by atoms with Crippen LogP contribution in [0.25, 0.3) is 0 Å². The Kier molecular flexibility index (Phi) is 4.69. The minimum absolute atomic E-state index is 0.0359. The number of hydrogen-bond acceptors (Lipinski definition) is 6. The highest BCUT2D eigenvalue weighted by Crippen LogP contribution is 2.24. The molecule has 1 heterocycles. The van der Waals surface area contributed by atoms with Crippen molar-refractivity contribution in [3.8, 4) is 0 Å². The van der Waals surface area contributed by atoms with Crippen molar-refractivity contribution in [2.24, 2.45) is 0 Å². The second-order valence-electron chi connectivity index (χ2n) is 5.30. The van der Waals surface area contributed by atoms with Crippen LogP contribution in [-0.4, -0.2) is 30.6 Å². The summed E-state index contributed by atoms with van der Waals surface area (Å²) in [6.07, 6.45) is 3.74. The predicted octanol–water partition coefficient (Wildman–Crippen LogP) is 2.01. The first-order valence-electron chi connectivity index (χ1n) is 7.27. The van der Waals surface area contributed by atoms with Crippen LogP contribution in [0.5, 0.6) is 0 Å². The molecule has 1 fully saturated rings. The number of anilines is 1. The van der Waals surface area contributed by atoms with E-state index in [2.05, 4.69) is 20.2 Å². The Morgan fingerprint density at radius 3 is 2.52 bits per heavy atom. The Balaban J connectivity index is 1.69. The lowest BCUT2D eigenvalue weighted by Gasteiger charge is -2.09. The first-order chi connectivity index (χ1) is 11.0. The highest BCUT2D eigenvalue weighted by molar-refractivity contribution is 7.91. The smallest absolute Gasteiger partial charge is 0.270 e. The third-order valence-electron chi connectivity index (χ3n) is 3.57. The number of aromatic nitrogens is 2. The van der Waals surface area contributed by atoms with E-state index >= 15 is 0 Å². The first-order valence-corrected chi connectivity index (χ1v) is 9.57. The van der Waals surface area contributed by atoms with E-state index in [-0.39, 0.29) is 21.4 Å². The summed E-state index contributed by atoms with van der Waals surface area (Å²) in [7, 11) is -3.68. The van der Waals surface area contributed by atoms with Crippen LogP contribution in [0.2, 0.25) is 0 Å². The van der Waals surface area contributed by atoms with Gasteiger partial charge in [-0.25, -0.2) is 13.1 Å². The van der Waals surface area contributed by atoms with Gasteiger partial charge in [-0.1, -0.05) is 42.4 Å². The van der Waals surface area contributed by atoms with Crippen LogP contribution in [0, 0.1) is 0 Å². The molecule has 0 radical (unpaired) electrons. The molecule has 2 N–H and O–H groups in total. The summed E-state index contributed by atoms with van der Waals surface area (Å²) in [6.45, 7) is 0. The molecule has 1 amide bonds. The molecule has 1 aliphatic rings. The van der Waals surface area contributed by atoms with E-state index < -0.39 is 10.0 Å². The van der Waals surface area contributed by atoms with Gasteiger partial charge in [0.1, 0.15) is 0 Å². The first kappa shape index (κ1) is 16.0. The average molecular weight is 352 g/mol. The van der Waals surface area contributed by atoms with Crippen molar-refractivity contribution in [3.63, 3.8) is 0 Å². The van der Waals surface area contributed by atoms with Crippen LogP contribution in [-0.2, 0) is 10.0 Å². The van der Waals surface area contributed by atoms with Gasteiger partial charge in [0, 0.05) is 11.6 Å². The van der Waals surface area contributed by atoms with Gasteiger partial charge in [0.25, 0.3) is 15.9 Å². The number of carbonyl (C=O) groups excluding carboxylic acids is 1. The summed E-state index contributed by atoms with van der Waals surface area (Å²) >= 11 is 0.842. The molecule has 0 spiro atoms. The van der Waals surface area contributed by atoms with Crippen molar-refractivity contribution in [2.45, 2.75) is 36.1 Å². The van der Waals surface area contributed by atoms with Crippen molar-refractivity contribution < 1.29 is 13.2 Å². The van der Waals surface area contributed by atoms with Gasteiger partial charge in [0.2, 0.25) is 9.47 Å². The Hall–Kier alpha value is -1.84. The van der Waals surface area contributed by atoms with Crippen LogP contribution in [0.1, 0.15) is 36.0 Å². The van der Waals surface area contributed by atoms with Gasteiger partial charge in [0.05, 0.1) is 0 Å². The molecular formula is C14H16N4O3S2. The maximum absolute atomic E-state index is 12.2. The van der Waals surface area contributed by atoms with Crippen molar-refractivity contribution >= 4 is 32.4 Å². The number of sulfonamides is 1. The number of rotatable bonds is 5. The fourth-order valence-electron chi connectivity index (χ4n) is 2.44. The van der Waals surface area contributed by atoms with E-state index in [1.54, 1.807) is 30.3 Å². The molecule has 1 aromatic heterocycles. The Labute approximate surface area is 138 Å². The molecule has 3 rings (SSSR count).